The van der Waals surface area contributed by atoms with Crippen LogP contribution in [0.3, 0.4) is 0 Å². The topological polar surface area (TPSA) is 63.7 Å². The number of carbonyl (C=O) groups is 3. The molecule has 5 nitrogen and oxygen atoms in total. The molecule has 3 atom stereocenters. The summed E-state index contributed by atoms with van der Waals surface area (Å²) in [5.41, 5.74) is 0.289. The fraction of sp³-hybridized carbons (Fsp3) is 0.438. The van der Waals surface area contributed by atoms with Gasteiger partial charge in [0.25, 0.3) is 0 Å². The molecule has 0 spiro atoms. The van der Waals surface area contributed by atoms with Crippen LogP contribution in [0, 0.1) is 18.3 Å². The number of halogens is 1. The van der Waals surface area contributed by atoms with Crippen LogP contribution in [-0.4, -0.2) is 29.3 Å². The third kappa shape index (κ3) is 1.57. The first-order valence-corrected chi connectivity index (χ1v) is 7.49. The van der Waals surface area contributed by atoms with Crippen LogP contribution in [0.4, 0.5) is 5.69 Å². The Balaban J connectivity index is 1.95. The van der Waals surface area contributed by atoms with Gasteiger partial charge in [0, 0.05) is 0 Å². The second-order valence-electron chi connectivity index (χ2n) is 5.88. The van der Waals surface area contributed by atoms with Gasteiger partial charge in [-0.2, -0.15) is 0 Å². The summed E-state index contributed by atoms with van der Waals surface area (Å²) >= 11 is 6.31. The van der Waals surface area contributed by atoms with E-state index in [1.165, 1.54) is 0 Å². The summed E-state index contributed by atoms with van der Waals surface area (Å²) in [4.78, 5) is 36.9. The van der Waals surface area contributed by atoms with E-state index in [2.05, 4.69) is 0 Å². The van der Waals surface area contributed by atoms with Crippen molar-refractivity contribution in [1.82, 2.24) is 0 Å². The van der Waals surface area contributed by atoms with Gasteiger partial charge >= 0.3 is 5.97 Å². The molecule has 0 bridgehead atoms. The van der Waals surface area contributed by atoms with Crippen LogP contribution < -0.4 is 4.90 Å². The van der Waals surface area contributed by atoms with Gasteiger partial charge in [-0.3, -0.25) is 14.4 Å². The summed E-state index contributed by atoms with van der Waals surface area (Å²) < 4.78 is 4.93. The molecule has 1 aliphatic heterocycles. The number of fused-ring (bicyclic) bond motifs is 1. The van der Waals surface area contributed by atoms with Crippen molar-refractivity contribution in [3.05, 3.63) is 29.8 Å². The molecule has 1 saturated carbocycles. The normalized spacial score (nSPS) is 32.9. The van der Waals surface area contributed by atoms with Crippen LogP contribution in [0.5, 0.6) is 0 Å². The molecule has 2 fully saturated rings. The summed E-state index contributed by atoms with van der Waals surface area (Å²) in [5.74, 6) is -2.46. The Hall–Kier alpha value is -1.88. The van der Waals surface area contributed by atoms with E-state index in [-0.39, 0.29) is 6.61 Å². The summed E-state index contributed by atoms with van der Waals surface area (Å²) in [6.07, 6.45) is 0. The Morgan fingerprint density at radius 1 is 1.32 bits per heavy atom. The Morgan fingerprint density at radius 2 is 1.91 bits per heavy atom. The van der Waals surface area contributed by atoms with Crippen molar-refractivity contribution in [2.24, 2.45) is 11.3 Å². The fourth-order valence-electron chi connectivity index (χ4n) is 3.24. The van der Waals surface area contributed by atoms with Crippen LogP contribution in [-0.2, 0) is 19.1 Å². The van der Waals surface area contributed by atoms with E-state index >= 15 is 0 Å². The van der Waals surface area contributed by atoms with E-state index in [0.717, 1.165) is 10.5 Å². The number of carbonyl (C=O) groups excluding carboxylic acids is 3. The van der Waals surface area contributed by atoms with E-state index in [1.807, 2.05) is 19.1 Å². The Labute approximate surface area is 133 Å². The molecule has 0 N–H and O–H groups in total. The Morgan fingerprint density at radius 3 is 2.36 bits per heavy atom. The third-order valence-electron chi connectivity index (χ3n) is 4.63. The Kier molecular flexibility index (Phi) is 3.11. The maximum atomic E-state index is 12.7. The van der Waals surface area contributed by atoms with Crippen molar-refractivity contribution in [2.75, 3.05) is 11.5 Å². The van der Waals surface area contributed by atoms with E-state index in [4.69, 9.17) is 16.3 Å². The highest BCUT2D eigenvalue weighted by molar-refractivity contribution is 6.48. The van der Waals surface area contributed by atoms with Crippen LogP contribution in [0.25, 0.3) is 0 Å². The predicted molar refractivity (Wildman–Crippen MR) is 80.5 cm³/mol. The molecule has 0 unspecified atom stereocenters. The lowest BCUT2D eigenvalue weighted by Gasteiger charge is -2.23. The van der Waals surface area contributed by atoms with Crippen LogP contribution in [0.2, 0.25) is 0 Å². The van der Waals surface area contributed by atoms with Crippen molar-refractivity contribution < 1.29 is 19.1 Å². The van der Waals surface area contributed by atoms with Crippen molar-refractivity contribution in [1.29, 1.82) is 0 Å². The lowest BCUT2D eigenvalue weighted by Crippen LogP contribution is -2.44. The fourth-order valence-corrected chi connectivity index (χ4v) is 3.74. The number of ether oxygens (including phenoxy) is 1. The number of aryl methyl sites for hydroxylation is 1. The lowest BCUT2D eigenvalue weighted by molar-refractivity contribution is -0.147. The van der Waals surface area contributed by atoms with Gasteiger partial charge in [-0.25, -0.2) is 4.90 Å². The predicted octanol–water partition coefficient (Wildman–Crippen LogP) is 2.05. The quantitative estimate of drug-likeness (QED) is 0.485. The number of esters is 1. The first kappa shape index (κ1) is 15.0. The number of amides is 2. The minimum Gasteiger partial charge on any atom is -0.465 e. The standard InChI is InChI=1S/C16H16ClNO4/c1-4-22-14(21)16(17)11-12(19)18(13(20)15(11,16)3)10-7-5-9(2)6-8-10/h5-8,11H,4H2,1-3H3/t11-,15-,16-/m0/s1. The molecule has 1 aromatic rings. The largest absolute Gasteiger partial charge is 0.465 e. The molecule has 2 aliphatic rings. The molecule has 1 saturated heterocycles. The van der Waals surface area contributed by atoms with Gasteiger partial charge in [0.2, 0.25) is 11.8 Å². The summed E-state index contributed by atoms with van der Waals surface area (Å²) in [6.45, 7) is 5.28. The van der Waals surface area contributed by atoms with Crippen LogP contribution in [0.15, 0.2) is 24.3 Å². The summed E-state index contributed by atoms with van der Waals surface area (Å²) in [6, 6.07) is 7.06. The molecule has 22 heavy (non-hydrogen) atoms. The highest BCUT2D eigenvalue weighted by Gasteiger charge is 2.90. The summed E-state index contributed by atoms with van der Waals surface area (Å²) in [5, 5.41) is 0. The molecule has 0 radical (unpaired) electrons. The highest BCUT2D eigenvalue weighted by atomic mass is 35.5. The number of hydrogen-bond donors (Lipinski definition) is 0. The van der Waals surface area contributed by atoms with E-state index in [9.17, 15) is 14.4 Å². The number of imide groups is 1. The minimum absolute atomic E-state index is 0.153. The first-order valence-electron chi connectivity index (χ1n) is 7.11. The SMILES string of the molecule is CCOC(=O)[C@@]1(Cl)[C@H]2C(=O)N(c3ccc(C)cc3)C(=O)[C@]21C. The molecule has 0 aromatic heterocycles. The number of hydrogen-bond acceptors (Lipinski definition) is 4. The van der Waals surface area contributed by atoms with Crippen LogP contribution >= 0.6 is 11.6 Å². The molecular weight excluding hydrogens is 306 g/mol. The van der Waals surface area contributed by atoms with Gasteiger partial charge in [0.15, 0.2) is 4.87 Å². The second kappa shape index (κ2) is 4.56. The molecule has 1 aliphatic carbocycles. The van der Waals surface area contributed by atoms with Crippen molar-refractivity contribution in [3.63, 3.8) is 0 Å². The maximum absolute atomic E-state index is 12.7. The van der Waals surface area contributed by atoms with Crippen LogP contribution in [0.1, 0.15) is 19.4 Å². The number of rotatable bonds is 3. The molecular formula is C16H16ClNO4. The molecule has 1 aromatic carbocycles. The van der Waals surface area contributed by atoms with Gasteiger partial charge in [0.1, 0.15) is 0 Å². The molecule has 2 amide bonds. The third-order valence-corrected chi connectivity index (χ3v) is 5.39. The highest BCUT2D eigenvalue weighted by Crippen LogP contribution is 2.71. The molecule has 6 heteroatoms. The number of benzene rings is 1. The average molecular weight is 322 g/mol. The number of nitrogens with zero attached hydrogens (tertiary/aromatic N) is 1. The van der Waals surface area contributed by atoms with Gasteiger partial charge in [-0.15, -0.1) is 11.6 Å². The zero-order chi connectivity index (χ0) is 16.3. The zero-order valence-electron chi connectivity index (χ0n) is 12.6. The van der Waals surface area contributed by atoms with Crippen molar-refractivity contribution >= 4 is 35.1 Å². The zero-order valence-corrected chi connectivity index (χ0v) is 13.3. The van der Waals surface area contributed by atoms with Crippen molar-refractivity contribution in [3.8, 4) is 0 Å². The van der Waals surface area contributed by atoms with E-state index < -0.39 is 34.0 Å². The Bertz CT molecular complexity index is 686. The summed E-state index contributed by atoms with van der Waals surface area (Å²) in [7, 11) is 0. The van der Waals surface area contributed by atoms with Gasteiger partial charge in [-0.05, 0) is 32.9 Å². The van der Waals surface area contributed by atoms with E-state index in [0.29, 0.717) is 5.69 Å². The second-order valence-corrected chi connectivity index (χ2v) is 6.48. The molecule has 1 heterocycles. The maximum Gasteiger partial charge on any atom is 0.329 e. The van der Waals surface area contributed by atoms with E-state index in [1.54, 1.807) is 26.0 Å². The molecule has 116 valence electrons. The number of anilines is 1. The smallest absolute Gasteiger partial charge is 0.329 e. The van der Waals surface area contributed by atoms with Gasteiger partial charge < -0.3 is 4.74 Å². The molecule has 3 rings (SSSR count). The van der Waals surface area contributed by atoms with Gasteiger partial charge in [-0.1, -0.05) is 17.7 Å². The lowest BCUT2D eigenvalue weighted by atomic mass is 10.0. The first-order chi connectivity index (χ1) is 10.3. The van der Waals surface area contributed by atoms with Gasteiger partial charge in [0.05, 0.1) is 23.6 Å². The minimum atomic E-state index is -1.57. The van der Waals surface area contributed by atoms with Crippen molar-refractivity contribution in [2.45, 2.75) is 25.6 Å². The monoisotopic (exact) mass is 321 g/mol. The number of alkyl halides is 1. The average Bonchev–Trinajstić information content (AvgIpc) is 2.91. The number of piperidine rings is 1.